The second-order valence-corrected chi connectivity index (χ2v) is 10.4. The molecule has 2 aliphatic rings. The molecule has 0 amide bonds. The van der Waals surface area contributed by atoms with Crippen molar-refractivity contribution in [2.24, 2.45) is 22.2 Å². The predicted octanol–water partition coefficient (Wildman–Crippen LogP) is 2.58. The zero-order chi connectivity index (χ0) is 17.6. The molecule has 0 bridgehead atoms. The fraction of sp³-hybridized carbons (Fsp3) is 0.944. The highest BCUT2D eigenvalue weighted by atomic mass is 32.2. The zero-order valence-corrected chi connectivity index (χ0v) is 16.4. The SMILES string of the molecule is CCNC(=NCC1(CC(C)C)CCCC1)NCC1CCS(=O)(=O)C1. The van der Waals surface area contributed by atoms with Gasteiger partial charge in [0.25, 0.3) is 0 Å². The van der Waals surface area contributed by atoms with Gasteiger partial charge < -0.3 is 10.6 Å². The summed E-state index contributed by atoms with van der Waals surface area (Å²) in [5.41, 5.74) is 0.368. The monoisotopic (exact) mass is 357 g/mol. The summed E-state index contributed by atoms with van der Waals surface area (Å²) in [6, 6.07) is 0. The highest BCUT2D eigenvalue weighted by Gasteiger charge is 2.34. The molecule has 140 valence electrons. The van der Waals surface area contributed by atoms with E-state index in [1.807, 2.05) is 0 Å². The normalized spacial score (nSPS) is 26.0. The molecule has 0 aromatic heterocycles. The van der Waals surface area contributed by atoms with Gasteiger partial charge in [-0.1, -0.05) is 26.7 Å². The van der Waals surface area contributed by atoms with Crippen molar-refractivity contribution in [1.29, 1.82) is 0 Å². The van der Waals surface area contributed by atoms with E-state index < -0.39 is 9.84 Å². The van der Waals surface area contributed by atoms with Crippen LogP contribution in [0.25, 0.3) is 0 Å². The summed E-state index contributed by atoms with van der Waals surface area (Å²) in [4.78, 5) is 4.86. The van der Waals surface area contributed by atoms with Crippen LogP contribution in [-0.4, -0.2) is 45.5 Å². The number of hydrogen-bond acceptors (Lipinski definition) is 3. The highest BCUT2D eigenvalue weighted by molar-refractivity contribution is 7.91. The van der Waals surface area contributed by atoms with Gasteiger partial charge in [0.1, 0.15) is 0 Å². The molecule has 0 spiro atoms. The van der Waals surface area contributed by atoms with E-state index in [4.69, 9.17) is 4.99 Å². The lowest BCUT2D eigenvalue weighted by atomic mass is 9.78. The van der Waals surface area contributed by atoms with Gasteiger partial charge >= 0.3 is 0 Å². The molecule has 6 heteroatoms. The van der Waals surface area contributed by atoms with Crippen molar-refractivity contribution in [2.45, 2.75) is 59.3 Å². The number of rotatable bonds is 7. The Hall–Kier alpha value is -0.780. The van der Waals surface area contributed by atoms with Crippen LogP contribution >= 0.6 is 0 Å². The summed E-state index contributed by atoms with van der Waals surface area (Å²) in [5, 5.41) is 6.68. The molecule has 1 unspecified atom stereocenters. The Morgan fingerprint density at radius 3 is 2.50 bits per heavy atom. The molecule has 0 aromatic rings. The van der Waals surface area contributed by atoms with E-state index in [0.717, 1.165) is 25.5 Å². The lowest BCUT2D eigenvalue weighted by molar-refractivity contribution is 0.245. The minimum absolute atomic E-state index is 0.218. The smallest absolute Gasteiger partial charge is 0.191 e. The number of sulfone groups is 1. The van der Waals surface area contributed by atoms with Crippen molar-refractivity contribution in [2.75, 3.05) is 31.1 Å². The third kappa shape index (κ3) is 5.94. The van der Waals surface area contributed by atoms with Crippen LogP contribution in [0.15, 0.2) is 4.99 Å². The third-order valence-electron chi connectivity index (χ3n) is 5.31. The zero-order valence-electron chi connectivity index (χ0n) is 15.6. The van der Waals surface area contributed by atoms with Gasteiger partial charge in [0.15, 0.2) is 15.8 Å². The summed E-state index contributed by atoms with van der Waals surface area (Å²) < 4.78 is 23.2. The first-order chi connectivity index (χ1) is 11.3. The van der Waals surface area contributed by atoms with Gasteiger partial charge in [0, 0.05) is 19.6 Å². The third-order valence-corrected chi connectivity index (χ3v) is 7.14. The van der Waals surface area contributed by atoms with Gasteiger partial charge in [0.05, 0.1) is 11.5 Å². The van der Waals surface area contributed by atoms with Gasteiger partial charge in [-0.2, -0.15) is 0 Å². The molecule has 1 atom stereocenters. The first-order valence-electron chi connectivity index (χ1n) is 9.57. The highest BCUT2D eigenvalue weighted by Crippen LogP contribution is 2.43. The standard InChI is InChI=1S/C18H35N3O2S/c1-4-19-17(20-12-16-7-10-24(22,23)13-16)21-14-18(11-15(2)3)8-5-6-9-18/h15-16H,4-14H2,1-3H3,(H2,19,20,21). The Kier molecular flexibility index (Phi) is 6.96. The summed E-state index contributed by atoms with van der Waals surface area (Å²) in [5.74, 6) is 2.42. The lowest BCUT2D eigenvalue weighted by Gasteiger charge is -2.29. The summed E-state index contributed by atoms with van der Waals surface area (Å²) in [6.07, 6.45) is 7.24. The van der Waals surface area contributed by atoms with Crippen LogP contribution in [0.2, 0.25) is 0 Å². The molecule has 2 fully saturated rings. The predicted molar refractivity (Wildman–Crippen MR) is 101 cm³/mol. The maximum absolute atomic E-state index is 11.6. The first-order valence-corrected chi connectivity index (χ1v) is 11.4. The molecule has 1 saturated heterocycles. The van der Waals surface area contributed by atoms with Gasteiger partial charge in [0.2, 0.25) is 0 Å². The molecule has 24 heavy (non-hydrogen) atoms. The van der Waals surface area contributed by atoms with Gasteiger partial charge in [-0.15, -0.1) is 0 Å². The average molecular weight is 358 g/mol. The Bertz CT molecular complexity index is 522. The number of nitrogens with one attached hydrogen (secondary N) is 2. The average Bonchev–Trinajstić information content (AvgIpc) is 3.08. The maximum Gasteiger partial charge on any atom is 0.191 e. The van der Waals surface area contributed by atoms with Crippen molar-refractivity contribution in [3.05, 3.63) is 0 Å². The number of aliphatic imine (C=N–C) groups is 1. The van der Waals surface area contributed by atoms with E-state index in [2.05, 4.69) is 31.4 Å². The van der Waals surface area contributed by atoms with E-state index in [-0.39, 0.29) is 5.92 Å². The van der Waals surface area contributed by atoms with Crippen molar-refractivity contribution in [1.82, 2.24) is 10.6 Å². The van der Waals surface area contributed by atoms with Crippen LogP contribution in [0.4, 0.5) is 0 Å². The van der Waals surface area contributed by atoms with E-state index >= 15 is 0 Å². The van der Waals surface area contributed by atoms with Gasteiger partial charge in [-0.25, -0.2) is 8.42 Å². The van der Waals surface area contributed by atoms with Crippen molar-refractivity contribution >= 4 is 15.8 Å². The minimum Gasteiger partial charge on any atom is -0.357 e. The van der Waals surface area contributed by atoms with Crippen molar-refractivity contribution in [3.63, 3.8) is 0 Å². The van der Waals surface area contributed by atoms with Crippen molar-refractivity contribution in [3.8, 4) is 0 Å². The quantitative estimate of drug-likeness (QED) is 0.543. The number of guanidine groups is 1. The van der Waals surface area contributed by atoms with E-state index in [9.17, 15) is 8.42 Å². The number of nitrogens with zero attached hydrogens (tertiary/aromatic N) is 1. The largest absolute Gasteiger partial charge is 0.357 e. The Balaban J connectivity index is 1.92. The van der Waals surface area contributed by atoms with Crippen LogP contribution < -0.4 is 10.6 Å². The molecule has 0 aromatic carbocycles. The topological polar surface area (TPSA) is 70.6 Å². The molecule has 0 radical (unpaired) electrons. The molecule has 1 heterocycles. The van der Waals surface area contributed by atoms with Crippen LogP contribution in [0.3, 0.4) is 0 Å². The molecule has 5 nitrogen and oxygen atoms in total. The van der Waals surface area contributed by atoms with E-state index in [0.29, 0.717) is 29.4 Å². The molecule has 1 aliphatic heterocycles. The van der Waals surface area contributed by atoms with Crippen LogP contribution in [0, 0.1) is 17.3 Å². The molecule has 2 N–H and O–H groups in total. The summed E-state index contributed by atoms with van der Waals surface area (Å²) in [7, 11) is -2.80. The minimum atomic E-state index is -2.80. The lowest BCUT2D eigenvalue weighted by Crippen LogP contribution is -2.41. The van der Waals surface area contributed by atoms with Crippen LogP contribution in [0.1, 0.15) is 59.3 Å². The van der Waals surface area contributed by atoms with Crippen LogP contribution in [0.5, 0.6) is 0 Å². The second-order valence-electron chi connectivity index (χ2n) is 8.15. The molecular formula is C18H35N3O2S. The molecular weight excluding hydrogens is 322 g/mol. The first kappa shape index (κ1) is 19.5. The summed E-state index contributed by atoms with van der Waals surface area (Å²) in [6.45, 7) is 9.07. The fourth-order valence-electron chi connectivity index (χ4n) is 4.28. The molecule has 1 saturated carbocycles. The van der Waals surface area contributed by atoms with E-state index in [1.165, 1.54) is 32.1 Å². The van der Waals surface area contributed by atoms with Crippen LogP contribution in [-0.2, 0) is 9.84 Å². The Morgan fingerprint density at radius 2 is 1.96 bits per heavy atom. The van der Waals surface area contributed by atoms with Gasteiger partial charge in [-0.05, 0) is 49.9 Å². The van der Waals surface area contributed by atoms with Crippen molar-refractivity contribution < 1.29 is 8.42 Å². The summed E-state index contributed by atoms with van der Waals surface area (Å²) >= 11 is 0. The fourth-order valence-corrected chi connectivity index (χ4v) is 6.14. The van der Waals surface area contributed by atoms with E-state index in [1.54, 1.807) is 0 Å². The Labute approximate surface area is 148 Å². The molecule has 1 aliphatic carbocycles. The Morgan fingerprint density at radius 1 is 1.25 bits per heavy atom. The number of hydrogen-bond donors (Lipinski definition) is 2. The molecule has 2 rings (SSSR count). The second kappa shape index (κ2) is 8.54. The maximum atomic E-state index is 11.6. The van der Waals surface area contributed by atoms with Gasteiger partial charge in [-0.3, -0.25) is 4.99 Å².